The van der Waals surface area contributed by atoms with Crippen LogP contribution in [0.15, 0.2) is 40.9 Å². The fourth-order valence-electron chi connectivity index (χ4n) is 2.44. The molecule has 0 aliphatic rings. The van der Waals surface area contributed by atoms with Gasteiger partial charge in [-0.05, 0) is 35.7 Å². The molecule has 0 aliphatic carbocycles. The molecule has 98 valence electrons. The summed E-state index contributed by atoms with van der Waals surface area (Å²) in [5.74, 6) is -0.888. The van der Waals surface area contributed by atoms with E-state index in [9.17, 15) is 4.79 Å². The van der Waals surface area contributed by atoms with Gasteiger partial charge in [-0.1, -0.05) is 22.0 Å². The van der Waals surface area contributed by atoms with Crippen LogP contribution in [0.2, 0.25) is 0 Å². The Hall–Kier alpha value is -2.32. The van der Waals surface area contributed by atoms with Crippen LogP contribution in [0, 0.1) is 6.57 Å². The molecule has 2 aromatic carbocycles. The molecule has 0 radical (unpaired) electrons. The van der Waals surface area contributed by atoms with E-state index < -0.39 is 5.97 Å². The van der Waals surface area contributed by atoms with Crippen molar-refractivity contribution in [3.8, 4) is 0 Å². The molecule has 0 amide bonds. The van der Waals surface area contributed by atoms with E-state index in [4.69, 9.17) is 11.7 Å². The first-order valence-electron chi connectivity index (χ1n) is 5.91. The fraction of sp³-hybridized carbons (Fsp3) is 0.0667. The third kappa shape index (κ3) is 1.95. The summed E-state index contributed by atoms with van der Waals surface area (Å²) in [6.45, 7) is 7.01. The minimum absolute atomic E-state index is 0.0982. The van der Waals surface area contributed by atoms with E-state index in [1.165, 1.54) is 0 Å². The Labute approximate surface area is 123 Å². The summed E-state index contributed by atoms with van der Waals surface area (Å²) < 4.78 is 2.68. The maximum Gasteiger partial charge on any atom is 0.323 e. The van der Waals surface area contributed by atoms with Crippen LogP contribution in [0.5, 0.6) is 0 Å². The molecule has 1 aromatic heterocycles. The molecule has 20 heavy (non-hydrogen) atoms. The summed E-state index contributed by atoms with van der Waals surface area (Å²) in [6, 6.07) is 11.0. The van der Waals surface area contributed by atoms with Gasteiger partial charge in [0.05, 0.1) is 6.57 Å². The molecular formula is C15H9BrN2O2. The number of hydrogen-bond donors (Lipinski definition) is 1. The Morgan fingerprint density at radius 2 is 1.85 bits per heavy atom. The van der Waals surface area contributed by atoms with Crippen LogP contribution >= 0.6 is 15.9 Å². The molecule has 0 unspecified atom stereocenters. The lowest BCUT2D eigenvalue weighted by Crippen LogP contribution is -2.08. The second-order valence-electron chi connectivity index (χ2n) is 4.45. The zero-order chi connectivity index (χ0) is 14.3. The molecule has 0 saturated heterocycles. The number of hydrogen-bond acceptors (Lipinski definition) is 1. The van der Waals surface area contributed by atoms with Gasteiger partial charge in [-0.3, -0.25) is 4.79 Å². The summed E-state index contributed by atoms with van der Waals surface area (Å²) in [7, 11) is 0. The second-order valence-corrected chi connectivity index (χ2v) is 5.37. The van der Waals surface area contributed by atoms with E-state index in [0.29, 0.717) is 5.69 Å². The Bertz CT molecular complexity index is 890. The highest BCUT2D eigenvalue weighted by atomic mass is 79.9. The molecule has 1 heterocycles. The lowest BCUT2D eigenvalue weighted by atomic mass is 10.1. The first-order chi connectivity index (χ1) is 9.60. The van der Waals surface area contributed by atoms with Crippen molar-refractivity contribution in [2.75, 3.05) is 0 Å². The lowest BCUT2D eigenvalue weighted by Gasteiger charge is -2.03. The summed E-state index contributed by atoms with van der Waals surface area (Å²) in [6.07, 6.45) is 0. The third-order valence-electron chi connectivity index (χ3n) is 3.23. The van der Waals surface area contributed by atoms with Crippen LogP contribution in [-0.2, 0) is 11.3 Å². The van der Waals surface area contributed by atoms with Crippen LogP contribution in [0.4, 0.5) is 5.69 Å². The van der Waals surface area contributed by atoms with Crippen molar-refractivity contribution in [2.24, 2.45) is 0 Å². The van der Waals surface area contributed by atoms with Gasteiger partial charge in [0.1, 0.15) is 6.54 Å². The van der Waals surface area contributed by atoms with Gasteiger partial charge in [0.15, 0.2) is 5.69 Å². The Morgan fingerprint density at radius 1 is 1.20 bits per heavy atom. The molecule has 5 heteroatoms. The molecule has 0 aliphatic heterocycles. The van der Waals surface area contributed by atoms with Crippen molar-refractivity contribution in [3.05, 3.63) is 52.3 Å². The molecule has 0 bridgehead atoms. The van der Waals surface area contributed by atoms with Crippen molar-refractivity contribution >= 4 is 49.4 Å². The summed E-state index contributed by atoms with van der Waals surface area (Å²) in [5.41, 5.74) is 2.23. The van der Waals surface area contributed by atoms with Crippen molar-refractivity contribution < 1.29 is 9.90 Å². The molecule has 0 atom stereocenters. The van der Waals surface area contributed by atoms with Crippen LogP contribution in [-0.4, -0.2) is 15.6 Å². The van der Waals surface area contributed by atoms with Crippen molar-refractivity contribution in [1.29, 1.82) is 0 Å². The smallest absolute Gasteiger partial charge is 0.323 e. The number of carboxylic acid groups (broad SMARTS) is 1. The van der Waals surface area contributed by atoms with Crippen LogP contribution in [0.3, 0.4) is 0 Å². The van der Waals surface area contributed by atoms with Crippen molar-refractivity contribution in [2.45, 2.75) is 6.54 Å². The first kappa shape index (κ1) is 12.7. The van der Waals surface area contributed by atoms with Gasteiger partial charge in [0, 0.05) is 20.9 Å². The molecule has 1 N–H and O–H groups in total. The molecule has 0 fully saturated rings. The maximum atomic E-state index is 11.1. The first-order valence-corrected chi connectivity index (χ1v) is 6.70. The SMILES string of the molecule is [C-]#[N+]c1ccc2c(c1)c1cc(Br)ccc1n2CC(=O)O. The Balaban J connectivity index is 2.46. The van der Waals surface area contributed by atoms with Gasteiger partial charge in [0.2, 0.25) is 0 Å². The van der Waals surface area contributed by atoms with Gasteiger partial charge in [-0.2, -0.15) is 0 Å². The number of halogens is 1. The minimum atomic E-state index is -0.888. The largest absolute Gasteiger partial charge is 0.480 e. The van der Waals surface area contributed by atoms with E-state index in [2.05, 4.69) is 20.8 Å². The van der Waals surface area contributed by atoms with Crippen molar-refractivity contribution in [1.82, 2.24) is 4.57 Å². The number of carbonyl (C=O) groups is 1. The highest BCUT2D eigenvalue weighted by molar-refractivity contribution is 9.10. The standard InChI is InChI=1S/C15H9BrN2O2/c1-17-10-3-5-14-12(7-10)11-6-9(16)2-4-13(11)18(14)8-15(19)20/h2-7H,8H2,(H,19,20). The fourth-order valence-corrected chi connectivity index (χ4v) is 2.80. The molecule has 3 rings (SSSR count). The summed E-state index contributed by atoms with van der Waals surface area (Å²) in [4.78, 5) is 14.5. The molecular weight excluding hydrogens is 320 g/mol. The highest BCUT2D eigenvalue weighted by Gasteiger charge is 2.13. The minimum Gasteiger partial charge on any atom is -0.480 e. The highest BCUT2D eigenvalue weighted by Crippen LogP contribution is 2.33. The van der Waals surface area contributed by atoms with Crippen LogP contribution in [0.1, 0.15) is 0 Å². The number of benzene rings is 2. The zero-order valence-corrected chi connectivity index (χ0v) is 11.9. The summed E-state index contributed by atoms with van der Waals surface area (Å²) >= 11 is 3.43. The van der Waals surface area contributed by atoms with Crippen LogP contribution < -0.4 is 0 Å². The lowest BCUT2D eigenvalue weighted by molar-refractivity contribution is -0.137. The van der Waals surface area contributed by atoms with E-state index in [1.54, 1.807) is 22.8 Å². The van der Waals surface area contributed by atoms with Crippen molar-refractivity contribution in [3.63, 3.8) is 0 Å². The van der Waals surface area contributed by atoms with Gasteiger partial charge < -0.3 is 9.67 Å². The van der Waals surface area contributed by atoms with E-state index in [-0.39, 0.29) is 6.54 Å². The van der Waals surface area contributed by atoms with E-state index in [1.807, 2.05) is 18.2 Å². The number of aliphatic carboxylic acids is 1. The normalized spacial score (nSPS) is 10.8. The third-order valence-corrected chi connectivity index (χ3v) is 3.73. The second kappa shape index (κ2) is 4.66. The number of aromatic nitrogens is 1. The zero-order valence-electron chi connectivity index (χ0n) is 10.3. The topological polar surface area (TPSA) is 46.6 Å². The Kier molecular flexibility index (Phi) is 2.96. The predicted molar refractivity (Wildman–Crippen MR) is 81.0 cm³/mol. The van der Waals surface area contributed by atoms with Crippen LogP contribution in [0.25, 0.3) is 26.7 Å². The van der Waals surface area contributed by atoms with Gasteiger partial charge in [-0.25, -0.2) is 4.85 Å². The number of nitrogens with zero attached hydrogens (tertiary/aromatic N) is 2. The van der Waals surface area contributed by atoms with E-state index in [0.717, 1.165) is 26.3 Å². The van der Waals surface area contributed by atoms with Gasteiger partial charge >= 0.3 is 5.97 Å². The number of carboxylic acids is 1. The number of rotatable bonds is 2. The molecule has 3 aromatic rings. The average molecular weight is 329 g/mol. The maximum absolute atomic E-state index is 11.1. The van der Waals surface area contributed by atoms with Gasteiger partial charge in [0.25, 0.3) is 0 Å². The summed E-state index contributed by atoms with van der Waals surface area (Å²) in [5, 5.41) is 10.9. The molecule has 4 nitrogen and oxygen atoms in total. The Morgan fingerprint density at radius 3 is 2.50 bits per heavy atom. The molecule has 0 spiro atoms. The predicted octanol–water partition coefficient (Wildman–Crippen LogP) is 4.19. The number of fused-ring (bicyclic) bond motifs is 3. The molecule has 0 saturated carbocycles. The van der Waals surface area contributed by atoms with E-state index >= 15 is 0 Å². The average Bonchev–Trinajstić information content (AvgIpc) is 2.71. The monoisotopic (exact) mass is 328 g/mol. The quantitative estimate of drug-likeness (QED) is 0.717. The van der Waals surface area contributed by atoms with Gasteiger partial charge in [-0.15, -0.1) is 0 Å².